The Morgan fingerprint density at radius 2 is 1.25 bits per heavy atom. The monoisotopic (exact) mass is 462 g/mol. The van der Waals surface area contributed by atoms with Crippen molar-refractivity contribution in [3.63, 3.8) is 0 Å². The van der Waals surface area contributed by atoms with Crippen LogP contribution in [0.3, 0.4) is 0 Å². The molecular weight excluding hydrogens is 432 g/mol. The minimum atomic E-state index is -1.67. The van der Waals surface area contributed by atoms with Crippen LogP contribution in [0.1, 0.15) is 39.5 Å². The maximum Gasteiger partial charge on any atom is 0.328 e. The topological polar surface area (TPSA) is 245 Å². The van der Waals surface area contributed by atoms with Gasteiger partial charge in [-0.1, -0.05) is 13.8 Å². The Labute approximate surface area is 183 Å². The first-order valence-corrected chi connectivity index (χ1v) is 9.74. The number of rotatable bonds is 15. The van der Waals surface area contributed by atoms with Gasteiger partial charge in [-0.25, -0.2) is 4.79 Å². The quantitative estimate of drug-likeness (QED) is 0.124. The molecule has 0 bridgehead atoms. The zero-order chi connectivity index (χ0) is 25.0. The van der Waals surface area contributed by atoms with Crippen molar-refractivity contribution in [3.8, 4) is 0 Å². The molecule has 0 aromatic carbocycles. The molecule has 182 valence electrons. The second-order valence-corrected chi connectivity index (χ2v) is 7.34. The van der Waals surface area contributed by atoms with Crippen molar-refractivity contribution >= 4 is 35.6 Å². The summed E-state index contributed by atoms with van der Waals surface area (Å²) >= 11 is 0. The molecule has 0 rings (SSSR count). The zero-order valence-electron chi connectivity index (χ0n) is 17.7. The fourth-order valence-corrected chi connectivity index (χ4v) is 2.46. The molecule has 0 fully saturated rings. The van der Waals surface area contributed by atoms with Crippen molar-refractivity contribution in [1.29, 1.82) is 0 Å². The molecule has 9 N–H and O–H groups in total. The Bertz CT molecular complexity index is 712. The first-order valence-electron chi connectivity index (χ1n) is 9.74. The molecule has 32 heavy (non-hydrogen) atoms. The molecule has 0 aromatic heterocycles. The third-order valence-corrected chi connectivity index (χ3v) is 4.33. The van der Waals surface area contributed by atoms with Crippen LogP contribution < -0.4 is 21.7 Å². The van der Waals surface area contributed by atoms with Crippen molar-refractivity contribution in [2.75, 3.05) is 6.61 Å². The predicted molar refractivity (Wildman–Crippen MR) is 107 cm³/mol. The number of amides is 3. The van der Waals surface area contributed by atoms with Gasteiger partial charge >= 0.3 is 17.9 Å². The van der Waals surface area contributed by atoms with Gasteiger partial charge in [0.15, 0.2) is 0 Å². The molecular formula is C18H30N4O10. The number of carboxylic acids is 3. The van der Waals surface area contributed by atoms with Gasteiger partial charge in [-0.2, -0.15) is 0 Å². The van der Waals surface area contributed by atoms with Gasteiger partial charge in [0, 0.05) is 12.8 Å². The van der Waals surface area contributed by atoms with Gasteiger partial charge in [0.25, 0.3) is 0 Å². The summed E-state index contributed by atoms with van der Waals surface area (Å²) in [7, 11) is 0. The van der Waals surface area contributed by atoms with Crippen LogP contribution in [0.5, 0.6) is 0 Å². The van der Waals surface area contributed by atoms with E-state index in [9.17, 15) is 28.8 Å². The van der Waals surface area contributed by atoms with Gasteiger partial charge < -0.3 is 42.1 Å². The van der Waals surface area contributed by atoms with Crippen molar-refractivity contribution in [2.24, 2.45) is 11.7 Å². The lowest BCUT2D eigenvalue weighted by Gasteiger charge is -2.26. The lowest BCUT2D eigenvalue weighted by Crippen LogP contribution is -2.58. The largest absolute Gasteiger partial charge is 0.481 e. The highest BCUT2D eigenvalue weighted by Crippen LogP contribution is 2.07. The van der Waals surface area contributed by atoms with Crippen molar-refractivity contribution in [3.05, 3.63) is 0 Å². The molecule has 0 spiro atoms. The Balaban J connectivity index is 5.37. The number of hydrogen-bond donors (Lipinski definition) is 8. The van der Waals surface area contributed by atoms with Gasteiger partial charge in [0.2, 0.25) is 17.7 Å². The van der Waals surface area contributed by atoms with Crippen LogP contribution in [0.15, 0.2) is 0 Å². The second kappa shape index (κ2) is 13.9. The maximum absolute atomic E-state index is 12.7. The SMILES string of the molecule is CC(C)C(NC(=O)C(N)CCC(=O)O)C(=O)NC(CCC(=O)O)C(=O)NC(CO)C(=O)O. The molecule has 14 nitrogen and oxygen atoms in total. The van der Waals surface area contributed by atoms with Gasteiger partial charge in [-0.05, 0) is 18.8 Å². The van der Waals surface area contributed by atoms with Gasteiger partial charge in [-0.15, -0.1) is 0 Å². The fourth-order valence-electron chi connectivity index (χ4n) is 2.46. The van der Waals surface area contributed by atoms with Crippen LogP contribution in [-0.4, -0.2) is 86.8 Å². The molecule has 4 atom stereocenters. The van der Waals surface area contributed by atoms with E-state index in [0.29, 0.717) is 0 Å². The van der Waals surface area contributed by atoms with Crippen LogP contribution in [0.25, 0.3) is 0 Å². The molecule has 0 aliphatic carbocycles. The summed E-state index contributed by atoms with van der Waals surface area (Å²) in [5.41, 5.74) is 5.63. The first kappa shape index (κ1) is 28.7. The average Bonchev–Trinajstić information content (AvgIpc) is 2.69. The van der Waals surface area contributed by atoms with Gasteiger partial charge in [0.05, 0.1) is 12.6 Å². The molecule has 14 heteroatoms. The number of aliphatic carboxylic acids is 3. The maximum atomic E-state index is 12.7. The Kier molecular flexibility index (Phi) is 12.5. The first-order chi connectivity index (χ1) is 14.8. The molecule has 0 aromatic rings. The highest BCUT2D eigenvalue weighted by molar-refractivity contribution is 5.94. The summed E-state index contributed by atoms with van der Waals surface area (Å²) in [5, 5.41) is 42.2. The number of carboxylic acid groups (broad SMARTS) is 3. The summed E-state index contributed by atoms with van der Waals surface area (Å²) in [6.45, 7) is 2.22. The molecule has 0 heterocycles. The highest BCUT2D eigenvalue weighted by atomic mass is 16.4. The van der Waals surface area contributed by atoms with E-state index in [1.165, 1.54) is 0 Å². The minimum Gasteiger partial charge on any atom is -0.481 e. The Hall–Kier alpha value is -3.26. The van der Waals surface area contributed by atoms with E-state index in [-0.39, 0.29) is 19.3 Å². The van der Waals surface area contributed by atoms with Gasteiger partial charge in [-0.3, -0.25) is 24.0 Å². The van der Waals surface area contributed by atoms with Crippen LogP contribution in [0, 0.1) is 5.92 Å². The summed E-state index contributed by atoms with van der Waals surface area (Å²) in [6, 6.07) is -5.54. The Morgan fingerprint density at radius 3 is 1.69 bits per heavy atom. The molecule has 0 aliphatic rings. The van der Waals surface area contributed by atoms with Crippen LogP contribution in [0.2, 0.25) is 0 Å². The highest BCUT2D eigenvalue weighted by Gasteiger charge is 2.31. The second-order valence-electron chi connectivity index (χ2n) is 7.34. The smallest absolute Gasteiger partial charge is 0.328 e. The lowest BCUT2D eigenvalue weighted by molar-refractivity contribution is -0.144. The van der Waals surface area contributed by atoms with Crippen molar-refractivity contribution in [1.82, 2.24) is 16.0 Å². The minimum absolute atomic E-state index is 0.172. The summed E-state index contributed by atoms with van der Waals surface area (Å²) < 4.78 is 0. The average molecular weight is 462 g/mol. The summed E-state index contributed by atoms with van der Waals surface area (Å²) in [6.07, 6.45) is -1.45. The summed E-state index contributed by atoms with van der Waals surface area (Å²) in [4.78, 5) is 69.8. The molecule has 0 saturated heterocycles. The normalized spacial score (nSPS) is 14.5. The fraction of sp³-hybridized carbons (Fsp3) is 0.667. The molecule has 4 unspecified atom stereocenters. The predicted octanol–water partition coefficient (Wildman–Crippen LogP) is -2.77. The number of aliphatic hydroxyl groups excluding tert-OH is 1. The zero-order valence-corrected chi connectivity index (χ0v) is 17.7. The van der Waals surface area contributed by atoms with Crippen LogP contribution >= 0.6 is 0 Å². The number of nitrogens with one attached hydrogen (secondary N) is 3. The molecule has 0 aliphatic heterocycles. The standard InChI is InChI=1S/C18H30N4O10/c1-8(2)14(22-15(28)9(19)3-5-12(24)25)17(30)20-10(4-6-13(26)27)16(29)21-11(7-23)18(31)32/h8-11,14,23H,3-7,19H2,1-2H3,(H,20,30)(H,21,29)(H,22,28)(H,24,25)(H,26,27)(H,31,32). The third-order valence-electron chi connectivity index (χ3n) is 4.33. The molecule has 0 radical (unpaired) electrons. The third kappa shape index (κ3) is 10.7. The number of carbonyl (C=O) groups excluding carboxylic acids is 3. The van der Waals surface area contributed by atoms with Crippen molar-refractivity contribution < 1.29 is 49.2 Å². The van der Waals surface area contributed by atoms with E-state index >= 15 is 0 Å². The van der Waals surface area contributed by atoms with E-state index in [0.717, 1.165) is 0 Å². The van der Waals surface area contributed by atoms with E-state index in [4.69, 9.17) is 26.2 Å². The molecule has 3 amide bonds. The molecule has 0 saturated carbocycles. The van der Waals surface area contributed by atoms with E-state index < -0.39 is 78.7 Å². The number of carbonyl (C=O) groups is 6. The lowest BCUT2D eigenvalue weighted by atomic mass is 10.0. The number of hydrogen-bond acceptors (Lipinski definition) is 8. The Morgan fingerprint density at radius 1 is 0.750 bits per heavy atom. The summed E-state index contributed by atoms with van der Waals surface area (Å²) in [5.74, 6) is -7.15. The van der Waals surface area contributed by atoms with E-state index in [2.05, 4.69) is 10.6 Å². The van der Waals surface area contributed by atoms with Crippen LogP contribution in [0.4, 0.5) is 0 Å². The van der Waals surface area contributed by atoms with Crippen LogP contribution in [-0.2, 0) is 28.8 Å². The number of nitrogens with two attached hydrogens (primary N) is 1. The number of aliphatic hydroxyl groups is 1. The van der Waals surface area contributed by atoms with Crippen molar-refractivity contribution in [2.45, 2.75) is 63.7 Å². The van der Waals surface area contributed by atoms with Gasteiger partial charge in [0.1, 0.15) is 18.1 Å². The van der Waals surface area contributed by atoms with E-state index in [1.54, 1.807) is 13.8 Å². The van der Waals surface area contributed by atoms with E-state index in [1.807, 2.05) is 5.32 Å².